The zero-order valence-corrected chi connectivity index (χ0v) is 16.0. The second-order valence-corrected chi connectivity index (χ2v) is 8.28. The maximum atomic E-state index is 12.8. The molecular weight excluding hydrogens is 336 g/mol. The van der Waals surface area contributed by atoms with E-state index in [2.05, 4.69) is 39.1 Å². The maximum Gasteiger partial charge on any atom is 0.228 e. The molecule has 1 aliphatic heterocycles. The third-order valence-electron chi connectivity index (χ3n) is 5.30. The number of nitrogens with one attached hydrogen (secondary N) is 1. The molecule has 3 rings (SSSR count). The fourth-order valence-corrected chi connectivity index (χ4v) is 3.92. The highest BCUT2D eigenvalue weighted by Gasteiger charge is 2.60. The lowest BCUT2D eigenvalue weighted by Crippen LogP contribution is -2.24. The number of amides is 2. The Balaban J connectivity index is 1.78. The van der Waals surface area contributed by atoms with Crippen molar-refractivity contribution < 1.29 is 9.59 Å². The van der Waals surface area contributed by atoms with Gasteiger partial charge in [0.2, 0.25) is 11.8 Å². The van der Waals surface area contributed by atoms with E-state index in [0.29, 0.717) is 23.7 Å². The maximum absolute atomic E-state index is 12.8. The molecule has 4 nitrogen and oxygen atoms in total. The molecule has 1 saturated heterocycles. The van der Waals surface area contributed by atoms with Crippen molar-refractivity contribution in [3.63, 3.8) is 0 Å². The highest BCUT2D eigenvalue weighted by molar-refractivity contribution is 6.34. The first-order valence-electron chi connectivity index (χ1n) is 8.77. The van der Waals surface area contributed by atoms with Crippen molar-refractivity contribution in [3.05, 3.63) is 34.9 Å². The molecule has 1 N–H and O–H groups in total. The molecule has 0 radical (unpaired) electrons. The van der Waals surface area contributed by atoms with Gasteiger partial charge >= 0.3 is 0 Å². The number of benzene rings is 1. The molecule has 0 unspecified atom stereocenters. The summed E-state index contributed by atoms with van der Waals surface area (Å²) in [4.78, 5) is 26.4. The molecule has 0 aromatic heterocycles. The summed E-state index contributed by atoms with van der Waals surface area (Å²) in [5.41, 5.74) is 2.54. The molecule has 1 heterocycles. The summed E-state index contributed by atoms with van der Waals surface area (Å²) in [6.07, 6.45) is 3.61. The second-order valence-electron chi connectivity index (χ2n) is 7.87. The van der Waals surface area contributed by atoms with Crippen LogP contribution in [0.5, 0.6) is 0 Å². The predicted molar refractivity (Wildman–Crippen MR) is 102 cm³/mol. The first-order chi connectivity index (χ1) is 11.7. The van der Waals surface area contributed by atoms with E-state index >= 15 is 0 Å². The SMILES string of the molecule is CC(C)=C[C@H]1[C@@H](C(=O)Nc2cc(N3CCCC3=O)ccc2Cl)C1(C)C. The van der Waals surface area contributed by atoms with Gasteiger partial charge in [0.15, 0.2) is 0 Å². The number of carbonyl (C=O) groups excluding carboxylic acids is 2. The van der Waals surface area contributed by atoms with Gasteiger partial charge in [-0.25, -0.2) is 0 Å². The highest BCUT2D eigenvalue weighted by atomic mass is 35.5. The van der Waals surface area contributed by atoms with Crippen LogP contribution in [0, 0.1) is 17.3 Å². The Morgan fingerprint density at radius 1 is 1.36 bits per heavy atom. The summed E-state index contributed by atoms with van der Waals surface area (Å²) in [6.45, 7) is 9.05. The molecule has 0 spiro atoms. The summed E-state index contributed by atoms with van der Waals surface area (Å²) in [5.74, 6) is 0.293. The van der Waals surface area contributed by atoms with E-state index in [0.717, 1.165) is 12.1 Å². The first kappa shape index (κ1) is 18.0. The van der Waals surface area contributed by atoms with Gasteiger partial charge in [-0.2, -0.15) is 0 Å². The molecule has 1 aliphatic carbocycles. The van der Waals surface area contributed by atoms with Crippen molar-refractivity contribution in [2.75, 3.05) is 16.8 Å². The monoisotopic (exact) mass is 360 g/mol. The number of rotatable bonds is 4. The van der Waals surface area contributed by atoms with Gasteiger partial charge < -0.3 is 10.2 Å². The summed E-state index contributed by atoms with van der Waals surface area (Å²) in [5, 5.41) is 3.46. The van der Waals surface area contributed by atoms with Gasteiger partial charge in [-0.1, -0.05) is 37.1 Å². The Morgan fingerprint density at radius 3 is 2.68 bits per heavy atom. The van der Waals surface area contributed by atoms with E-state index in [4.69, 9.17) is 11.6 Å². The number of anilines is 2. The summed E-state index contributed by atoms with van der Waals surface area (Å²) in [6, 6.07) is 5.37. The van der Waals surface area contributed by atoms with Crippen molar-refractivity contribution in [3.8, 4) is 0 Å². The minimum atomic E-state index is -0.0597. The molecule has 5 heteroatoms. The van der Waals surface area contributed by atoms with Crippen LogP contribution in [-0.2, 0) is 9.59 Å². The van der Waals surface area contributed by atoms with Crippen LogP contribution in [0.25, 0.3) is 0 Å². The van der Waals surface area contributed by atoms with E-state index in [9.17, 15) is 9.59 Å². The number of hydrogen-bond donors (Lipinski definition) is 1. The van der Waals surface area contributed by atoms with Crippen molar-refractivity contribution in [1.82, 2.24) is 0 Å². The molecule has 2 atom stereocenters. The molecule has 2 fully saturated rings. The van der Waals surface area contributed by atoms with Gasteiger partial charge in [0.05, 0.1) is 16.6 Å². The van der Waals surface area contributed by atoms with E-state index in [1.807, 2.05) is 6.07 Å². The Hall–Kier alpha value is -1.81. The zero-order chi connectivity index (χ0) is 18.4. The van der Waals surface area contributed by atoms with Crippen molar-refractivity contribution >= 4 is 34.8 Å². The Bertz CT molecular complexity index is 750. The summed E-state index contributed by atoms with van der Waals surface area (Å²) >= 11 is 6.27. The molecule has 25 heavy (non-hydrogen) atoms. The highest BCUT2D eigenvalue weighted by Crippen LogP contribution is 2.59. The summed E-state index contributed by atoms with van der Waals surface area (Å²) in [7, 11) is 0. The number of hydrogen-bond acceptors (Lipinski definition) is 2. The minimum absolute atomic E-state index is 0.0145. The molecule has 134 valence electrons. The third kappa shape index (κ3) is 3.45. The van der Waals surface area contributed by atoms with E-state index in [1.165, 1.54) is 5.57 Å². The molecular formula is C20H25ClN2O2. The fraction of sp³-hybridized carbons (Fsp3) is 0.500. The average Bonchev–Trinajstić information content (AvgIpc) is 2.85. The van der Waals surface area contributed by atoms with Crippen LogP contribution in [0.15, 0.2) is 29.8 Å². The van der Waals surface area contributed by atoms with Crippen molar-refractivity contribution in [2.24, 2.45) is 17.3 Å². The van der Waals surface area contributed by atoms with Crippen LogP contribution in [-0.4, -0.2) is 18.4 Å². The minimum Gasteiger partial charge on any atom is -0.324 e. The normalized spacial score (nSPS) is 24.2. The lowest BCUT2D eigenvalue weighted by molar-refractivity contribution is -0.118. The van der Waals surface area contributed by atoms with Gasteiger partial charge in [0.1, 0.15) is 0 Å². The standard InChI is InChI=1S/C20H25ClN2O2/c1-12(2)10-14-18(20(14,3)4)19(25)22-16-11-13(7-8-15(16)21)23-9-5-6-17(23)24/h7-8,10-11,14,18H,5-6,9H2,1-4H3,(H,22,25)/t14-,18-/m0/s1. The van der Waals surface area contributed by atoms with Gasteiger partial charge in [-0.3, -0.25) is 9.59 Å². The number of allylic oxidation sites excluding steroid dienone is 2. The fourth-order valence-electron chi connectivity index (χ4n) is 3.76. The first-order valence-corrected chi connectivity index (χ1v) is 9.15. The number of carbonyl (C=O) groups is 2. The van der Waals surface area contributed by atoms with E-state index < -0.39 is 0 Å². The van der Waals surface area contributed by atoms with Gasteiger partial charge in [0.25, 0.3) is 0 Å². The molecule has 0 bridgehead atoms. The van der Waals surface area contributed by atoms with Crippen LogP contribution >= 0.6 is 11.6 Å². The molecule has 1 aromatic rings. The van der Waals surface area contributed by atoms with Crippen LogP contribution in [0.3, 0.4) is 0 Å². The lowest BCUT2D eigenvalue weighted by atomic mass is 10.1. The van der Waals surface area contributed by atoms with Gasteiger partial charge in [0, 0.05) is 18.7 Å². The second kappa shape index (κ2) is 6.49. The van der Waals surface area contributed by atoms with Crippen LogP contribution in [0.4, 0.5) is 11.4 Å². The van der Waals surface area contributed by atoms with Crippen molar-refractivity contribution in [2.45, 2.75) is 40.5 Å². The van der Waals surface area contributed by atoms with Crippen LogP contribution in [0.1, 0.15) is 40.5 Å². The van der Waals surface area contributed by atoms with Gasteiger partial charge in [-0.15, -0.1) is 0 Å². The zero-order valence-electron chi connectivity index (χ0n) is 15.2. The topological polar surface area (TPSA) is 49.4 Å². The lowest BCUT2D eigenvalue weighted by Gasteiger charge is -2.17. The van der Waals surface area contributed by atoms with Gasteiger partial charge in [-0.05, 0) is 49.8 Å². The number of nitrogens with zero attached hydrogens (tertiary/aromatic N) is 1. The average molecular weight is 361 g/mol. The van der Waals surface area contributed by atoms with Crippen LogP contribution < -0.4 is 10.2 Å². The Labute approximate surface area is 154 Å². The molecule has 2 amide bonds. The van der Waals surface area contributed by atoms with E-state index in [-0.39, 0.29) is 29.1 Å². The van der Waals surface area contributed by atoms with E-state index in [1.54, 1.807) is 17.0 Å². The third-order valence-corrected chi connectivity index (χ3v) is 5.63. The Morgan fingerprint density at radius 2 is 2.08 bits per heavy atom. The quantitative estimate of drug-likeness (QED) is 0.795. The smallest absolute Gasteiger partial charge is 0.228 e. The largest absolute Gasteiger partial charge is 0.324 e. The van der Waals surface area contributed by atoms with Crippen molar-refractivity contribution in [1.29, 1.82) is 0 Å². The number of halogens is 1. The predicted octanol–water partition coefficient (Wildman–Crippen LogP) is 4.64. The molecule has 1 saturated carbocycles. The molecule has 1 aromatic carbocycles. The summed E-state index contributed by atoms with van der Waals surface area (Å²) < 4.78 is 0. The Kier molecular flexibility index (Phi) is 4.67. The molecule has 2 aliphatic rings. The van der Waals surface area contributed by atoms with Crippen LogP contribution in [0.2, 0.25) is 5.02 Å².